The minimum absolute atomic E-state index is 0.0339. The molecule has 0 bridgehead atoms. The molecule has 2 aromatic rings. The van der Waals surface area contributed by atoms with E-state index in [4.69, 9.17) is 6.57 Å². The SMILES string of the molecule is C#[N+][C@H]1CCN(C(=O)/C=C/c2c(C)nn3c(=O)c(C(=O)NC4CC4)c(O)n(CC(C)C)c23)C1. The quantitative estimate of drug-likeness (QED) is 0.646. The Balaban J connectivity index is 1.78. The molecule has 1 saturated carbocycles. The van der Waals surface area contributed by atoms with Gasteiger partial charge in [0.05, 0.1) is 5.69 Å². The number of nitrogens with one attached hydrogen (secondary N) is 1. The molecule has 2 fully saturated rings. The van der Waals surface area contributed by atoms with Gasteiger partial charge in [0.2, 0.25) is 11.8 Å². The zero-order valence-electron chi connectivity index (χ0n) is 19.1. The van der Waals surface area contributed by atoms with Crippen LogP contribution >= 0.6 is 0 Å². The van der Waals surface area contributed by atoms with E-state index in [9.17, 15) is 19.5 Å². The molecule has 2 aliphatic rings. The normalized spacial score (nSPS) is 18.4. The van der Waals surface area contributed by atoms with E-state index in [0.717, 1.165) is 23.8 Å². The number of fused-ring (bicyclic) bond motifs is 1. The molecule has 3 heterocycles. The first kappa shape index (κ1) is 22.6. The number of rotatable bonds is 6. The highest BCUT2D eigenvalue weighted by molar-refractivity contribution is 5.97. The predicted molar refractivity (Wildman–Crippen MR) is 124 cm³/mol. The van der Waals surface area contributed by atoms with Crippen LogP contribution in [-0.2, 0) is 11.3 Å². The minimum Gasteiger partial charge on any atom is -0.494 e. The van der Waals surface area contributed by atoms with E-state index < -0.39 is 17.3 Å². The minimum atomic E-state index is -0.693. The second-order valence-electron chi connectivity index (χ2n) is 9.20. The molecule has 0 unspecified atom stereocenters. The number of hydrogen-bond acceptors (Lipinski definition) is 5. The smallest absolute Gasteiger partial charge is 0.291 e. The van der Waals surface area contributed by atoms with Crippen LogP contribution in [-0.4, -0.2) is 61.2 Å². The van der Waals surface area contributed by atoms with Gasteiger partial charge in [0.25, 0.3) is 24.1 Å². The van der Waals surface area contributed by atoms with Crippen LogP contribution in [0.15, 0.2) is 10.9 Å². The number of aromatic nitrogens is 3. The molecule has 1 aliphatic heterocycles. The molecule has 174 valence electrons. The van der Waals surface area contributed by atoms with Crippen molar-refractivity contribution in [1.29, 1.82) is 0 Å². The van der Waals surface area contributed by atoms with E-state index in [1.807, 2.05) is 13.8 Å². The van der Waals surface area contributed by atoms with E-state index in [1.165, 1.54) is 10.6 Å². The number of aryl methyl sites for hydroxylation is 1. The summed E-state index contributed by atoms with van der Waals surface area (Å²) in [7, 11) is 0. The summed E-state index contributed by atoms with van der Waals surface area (Å²) < 4.78 is 2.67. The van der Waals surface area contributed by atoms with Crippen molar-refractivity contribution in [2.45, 2.75) is 58.7 Å². The molecule has 0 radical (unpaired) electrons. The van der Waals surface area contributed by atoms with Gasteiger partial charge in [0.1, 0.15) is 12.2 Å². The summed E-state index contributed by atoms with van der Waals surface area (Å²) in [6.07, 6.45) is 5.47. The van der Waals surface area contributed by atoms with Crippen LogP contribution in [0.3, 0.4) is 0 Å². The Morgan fingerprint density at radius 1 is 1.33 bits per heavy atom. The fourth-order valence-corrected chi connectivity index (χ4v) is 4.11. The van der Waals surface area contributed by atoms with Gasteiger partial charge in [-0.3, -0.25) is 19.0 Å². The molecular formula is C23H29N6O4+. The molecule has 1 saturated heterocycles. The van der Waals surface area contributed by atoms with Crippen LogP contribution in [0.1, 0.15) is 54.7 Å². The zero-order valence-corrected chi connectivity index (χ0v) is 19.1. The van der Waals surface area contributed by atoms with Crippen LogP contribution in [0.2, 0.25) is 0 Å². The molecule has 10 heteroatoms. The molecule has 2 aromatic heterocycles. The van der Waals surface area contributed by atoms with Crippen molar-refractivity contribution in [3.8, 4) is 12.5 Å². The molecule has 0 aromatic carbocycles. The maximum atomic E-state index is 13.2. The Labute approximate surface area is 191 Å². The third kappa shape index (κ3) is 4.35. The topological polar surface area (TPSA) is 113 Å². The van der Waals surface area contributed by atoms with Gasteiger partial charge in [-0.2, -0.15) is 9.61 Å². The van der Waals surface area contributed by atoms with E-state index >= 15 is 0 Å². The number of nitrogens with zero attached hydrogens (tertiary/aromatic N) is 5. The Hall–Kier alpha value is -3.61. The van der Waals surface area contributed by atoms with Gasteiger partial charge in [-0.1, -0.05) is 18.7 Å². The fraction of sp³-hybridized carbons (Fsp3) is 0.522. The first-order chi connectivity index (χ1) is 15.7. The summed E-state index contributed by atoms with van der Waals surface area (Å²) in [5.41, 5.74) is 0.361. The van der Waals surface area contributed by atoms with Gasteiger partial charge in [0.15, 0.2) is 5.56 Å². The second kappa shape index (κ2) is 8.73. The van der Waals surface area contributed by atoms with Gasteiger partial charge in [-0.05, 0) is 31.8 Å². The van der Waals surface area contributed by atoms with Crippen molar-refractivity contribution >= 4 is 23.5 Å². The second-order valence-corrected chi connectivity index (χ2v) is 9.20. The molecule has 2 N–H and O–H groups in total. The lowest BCUT2D eigenvalue weighted by Gasteiger charge is -2.17. The Kier molecular flexibility index (Phi) is 5.97. The lowest BCUT2D eigenvalue weighted by molar-refractivity contribution is -0.124. The average molecular weight is 454 g/mol. The first-order valence-corrected chi connectivity index (χ1v) is 11.2. The number of amides is 2. The van der Waals surface area contributed by atoms with Crippen LogP contribution in [0, 0.1) is 19.4 Å². The van der Waals surface area contributed by atoms with Crippen LogP contribution in [0.5, 0.6) is 5.88 Å². The summed E-state index contributed by atoms with van der Waals surface area (Å²) in [5.74, 6) is -1.08. The lowest BCUT2D eigenvalue weighted by atomic mass is 10.1. The van der Waals surface area contributed by atoms with E-state index in [0.29, 0.717) is 36.5 Å². The fourth-order valence-electron chi connectivity index (χ4n) is 4.11. The summed E-state index contributed by atoms with van der Waals surface area (Å²) in [6, 6.07) is -0.0268. The number of likely N-dealkylation sites (tertiary alicyclic amines) is 1. The van der Waals surface area contributed by atoms with Gasteiger partial charge in [-0.15, -0.1) is 0 Å². The summed E-state index contributed by atoms with van der Waals surface area (Å²) in [5, 5.41) is 18.1. The number of hydrogen-bond donors (Lipinski definition) is 2. The standard InChI is InChI=1S/C23H28N6O4/c1-13(2)11-28-21-17(7-8-18(30)27-10-9-16(12-27)24-4)14(3)26-29(21)23(33)19(22(28)32)20(31)25-15-5-6-15/h4,7-8,13,15-16H,5-6,9-12H2,1-3H3,(H-,25,31,32,33)/p+1/b8-7+/t16-/m0/s1. The largest absolute Gasteiger partial charge is 0.494 e. The maximum absolute atomic E-state index is 13.2. The monoisotopic (exact) mass is 453 g/mol. The maximum Gasteiger partial charge on any atom is 0.291 e. The number of aromatic hydroxyl groups is 1. The van der Waals surface area contributed by atoms with Crippen LogP contribution < -0.4 is 10.9 Å². The number of carbonyl (C=O) groups excluding carboxylic acids is 2. The zero-order chi connectivity index (χ0) is 23.9. The Bertz CT molecular complexity index is 1240. The molecule has 0 spiro atoms. The Morgan fingerprint density at radius 2 is 2.06 bits per heavy atom. The van der Waals surface area contributed by atoms with Crippen molar-refractivity contribution in [3.05, 3.63) is 38.1 Å². The summed E-state index contributed by atoms with van der Waals surface area (Å²) in [6.45, 7) is 12.4. The average Bonchev–Trinajstić information content (AvgIpc) is 3.32. The van der Waals surface area contributed by atoms with Crippen molar-refractivity contribution in [2.75, 3.05) is 13.1 Å². The number of carbonyl (C=O) groups is 2. The third-order valence-electron chi connectivity index (χ3n) is 5.99. The van der Waals surface area contributed by atoms with Crippen molar-refractivity contribution in [2.24, 2.45) is 5.92 Å². The molecule has 1 atom stereocenters. The summed E-state index contributed by atoms with van der Waals surface area (Å²) >= 11 is 0. The van der Waals surface area contributed by atoms with E-state index in [-0.39, 0.29) is 29.5 Å². The van der Waals surface area contributed by atoms with Crippen molar-refractivity contribution in [3.63, 3.8) is 0 Å². The van der Waals surface area contributed by atoms with Crippen LogP contribution in [0.25, 0.3) is 16.6 Å². The highest BCUT2D eigenvalue weighted by Crippen LogP contribution is 2.26. The lowest BCUT2D eigenvalue weighted by Crippen LogP contribution is -2.34. The van der Waals surface area contributed by atoms with Crippen molar-refractivity contribution in [1.82, 2.24) is 24.4 Å². The van der Waals surface area contributed by atoms with E-state index in [2.05, 4.69) is 15.3 Å². The van der Waals surface area contributed by atoms with Crippen molar-refractivity contribution < 1.29 is 14.7 Å². The first-order valence-electron chi connectivity index (χ1n) is 11.2. The van der Waals surface area contributed by atoms with Gasteiger partial charge in [0, 0.05) is 37.2 Å². The summed E-state index contributed by atoms with van der Waals surface area (Å²) in [4.78, 5) is 44.0. The van der Waals surface area contributed by atoms with Gasteiger partial charge >= 0.3 is 0 Å². The molecule has 2 amide bonds. The predicted octanol–water partition coefficient (Wildman–Crippen LogP) is 1.64. The van der Waals surface area contributed by atoms with E-state index in [1.54, 1.807) is 17.9 Å². The third-order valence-corrected chi connectivity index (χ3v) is 5.99. The molecule has 10 nitrogen and oxygen atoms in total. The Morgan fingerprint density at radius 3 is 2.67 bits per heavy atom. The molecule has 33 heavy (non-hydrogen) atoms. The molecule has 1 aliphatic carbocycles. The molecule has 4 rings (SSSR count). The van der Waals surface area contributed by atoms with Gasteiger partial charge < -0.3 is 15.3 Å². The van der Waals surface area contributed by atoms with Crippen LogP contribution in [0.4, 0.5) is 0 Å². The highest BCUT2D eigenvalue weighted by atomic mass is 16.3. The van der Waals surface area contributed by atoms with Gasteiger partial charge in [-0.25, -0.2) is 0 Å². The highest BCUT2D eigenvalue weighted by Gasteiger charge is 2.32. The molecular weight excluding hydrogens is 424 g/mol.